The topological polar surface area (TPSA) is 44.8 Å². The average molecular weight is 340 g/mol. The molecule has 1 unspecified atom stereocenters. The largest absolute Gasteiger partial charge is 0.344 e. The first-order valence-electron chi connectivity index (χ1n) is 8.32. The van der Waals surface area contributed by atoms with Crippen LogP contribution in [0.4, 0.5) is 0 Å². The number of benzene rings is 2. The maximum Gasteiger partial charge on any atom is 0.253 e. The summed E-state index contributed by atoms with van der Waals surface area (Å²) >= 11 is 0. The van der Waals surface area contributed by atoms with Crippen molar-refractivity contribution < 1.29 is 19.3 Å². The molecule has 0 saturated heterocycles. The molecule has 0 saturated carbocycles. The Labute approximate surface area is 149 Å². The van der Waals surface area contributed by atoms with Crippen LogP contribution in [0.25, 0.3) is 0 Å². The van der Waals surface area contributed by atoms with Gasteiger partial charge in [-0.15, -0.1) is 6.58 Å². The molecule has 0 amide bonds. The number of allylic oxidation sites excluding steroid dienone is 1. The molecule has 0 bridgehead atoms. The summed E-state index contributed by atoms with van der Waals surface area (Å²) in [5.74, 6) is -1.21. The summed E-state index contributed by atoms with van der Waals surface area (Å²) in [4.78, 5) is 22.4. The summed E-state index contributed by atoms with van der Waals surface area (Å²) < 4.78 is 5.79. The molecular formula is C21H24O4. The third-order valence-electron chi connectivity index (χ3n) is 3.95. The second kappa shape index (κ2) is 9.89. The first-order chi connectivity index (χ1) is 12.3. The van der Waals surface area contributed by atoms with Gasteiger partial charge in [-0.3, -0.25) is 0 Å². The maximum absolute atomic E-state index is 10.9. The SMILES string of the molecule is C=CCCC(CC=O)OOC(OC)(c1ccccc1)c1ccccc1. The summed E-state index contributed by atoms with van der Waals surface area (Å²) in [5.41, 5.74) is 1.61. The lowest BCUT2D eigenvalue weighted by Crippen LogP contribution is -2.35. The fraction of sp³-hybridized carbons (Fsp3) is 0.286. The molecule has 25 heavy (non-hydrogen) atoms. The van der Waals surface area contributed by atoms with E-state index in [-0.39, 0.29) is 12.5 Å². The number of ether oxygens (including phenoxy) is 1. The molecule has 132 valence electrons. The van der Waals surface area contributed by atoms with Crippen molar-refractivity contribution in [1.82, 2.24) is 0 Å². The number of carbonyl (C=O) groups is 1. The molecule has 4 nitrogen and oxygen atoms in total. The van der Waals surface area contributed by atoms with Crippen molar-refractivity contribution in [2.75, 3.05) is 7.11 Å². The number of aldehydes is 1. The van der Waals surface area contributed by atoms with Crippen LogP contribution in [0.1, 0.15) is 30.4 Å². The van der Waals surface area contributed by atoms with Crippen molar-refractivity contribution in [2.24, 2.45) is 0 Å². The molecule has 2 aromatic carbocycles. The van der Waals surface area contributed by atoms with Crippen molar-refractivity contribution >= 4 is 6.29 Å². The molecule has 0 N–H and O–H groups in total. The molecule has 0 fully saturated rings. The van der Waals surface area contributed by atoms with Crippen LogP contribution in [-0.4, -0.2) is 19.5 Å². The van der Waals surface area contributed by atoms with Gasteiger partial charge in [-0.05, 0) is 12.8 Å². The molecule has 2 aromatic rings. The van der Waals surface area contributed by atoms with E-state index in [9.17, 15) is 4.79 Å². The van der Waals surface area contributed by atoms with Crippen molar-refractivity contribution in [3.05, 3.63) is 84.4 Å². The third kappa shape index (κ3) is 4.86. The van der Waals surface area contributed by atoms with Gasteiger partial charge < -0.3 is 9.53 Å². The fourth-order valence-electron chi connectivity index (χ4n) is 2.60. The summed E-state index contributed by atoms with van der Waals surface area (Å²) in [6.45, 7) is 3.70. The highest BCUT2D eigenvalue weighted by atomic mass is 17.2. The van der Waals surface area contributed by atoms with Crippen LogP contribution < -0.4 is 0 Å². The van der Waals surface area contributed by atoms with Gasteiger partial charge >= 0.3 is 0 Å². The molecule has 0 radical (unpaired) electrons. The van der Waals surface area contributed by atoms with E-state index in [1.54, 1.807) is 13.2 Å². The first-order valence-corrected chi connectivity index (χ1v) is 8.32. The van der Waals surface area contributed by atoms with E-state index < -0.39 is 5.79 Å². The Morgan fingerprint density at radius 2 is 1.60 bits per heavy atom. The number of hydrogen-bond acceptors (Lipinski definition) is 4. The van der Waals surface area contributed by atoms with E-state index in [1.807, 2.05) is 60.7 Å². The number of methoxy groups -OCH3 is 1. The summed E-state index contributed by atoms with van der Waals surface area (Å²) in [6, 6.07) is 19.2. The van der Waals surface area contributed by atoms with Crippen LogP contribution in [0.3, 0.4) is 0 Å². The molecule has 0 aliphatic carbocycles. The van der Waals surface area contributed by atoms with Crippen LogP contribution in [0.15, 0.2) is 73.3 Å². The van der Waals surface area contributed by atoms with Crippen LogP contribution >= 0.6 is 0 Å². The Morgan fingerprint density at radius 3 is 2.04 bits per heavy atom. The van der Waals surface area contributed by atoms with Gasteiger partial charge in [-0.25, -0.2) is 4.89 Å². The molecule has 0 spiro atoms. The van der Waals surface area contributed by atoms with Gasteiger partial charge in [0.1, 0.15) is 12.4 Å². The monoisotopic (exact) mass is 340 g/mol. The Hall–Kier alpha value is -2.27. The molecule has 0 aliphatic rings. The first kappa shape index (κ1) is 19.1. The maximum atomic E-state index is 10.9. The molecule has 0 aromatic heterocycles. The second-order valence-electron chi connectivity index (χ2n) is 5.62. The second-order valence-corrected chi connectivity index (χ2v) is 5.62. The van der Waals surface area contributed by atoms with Gasteiger partial charge in [0.15, 0.2) is 0 Å². The average Bonchev–Trinajstić information content (AvgIpc) is 2.68. The van der Waals surface area contributed by atoms with Gasteiger partial charge in [0.2, 0.25) is 0 Å². The Bertz CT molecular complexity index is 600. The van der Waals surface area contributed by atoms with Crippen molar-refractivity contribution in [3.63, 3.8) is 0 Å². The quantitative estimate of drug-likeness (QED) is 0.200. The zero-order chi connectivity index (χ0) is 18.0. The zero-order valence-corrected chi connectivity index (χ0v) is 14.5. The minimum absolute atomic E-state index is 0.247. The van der Waals surface area contributed by atoms with Crippen LogP contribution in [0, 0.1) is 0 Å². The van der Waals surface area contributed by atoms with Gasteiger partial charge in [-0.2, -0.15) is 4.89 Å². The zero-order valence-electron chi connectivity index (χ0n) is 14.5. The van der Waals surface area contributed by atoms with E-state index in [1.165, 1.54) is 0 Å². The normalized spacial score (nSPS) is 12.5. The highest BCUT2D eigenvalue weighted by Gasteiger charge is 2.38. The smallest absolute Gasteiger partial charge is 0.253 e. The molecule has 1 atom stereocenters. The summed E-state index contributed by atoms with van der Waals surface area (Å²) in [6.07, 6.45) is 3.88. The molecular weight excluding hydrogens is 316 g/mol. The van der Waals surface area contributed by atoms with Gasteiger partial charge in [0.05, 0.1) is 0 Å². The molecule has 4 heteroatoms. The van der Waals surface area contributed by atoms with Crippen LogP contribution in [0.5, 0.6) is 0 Å². The minimum Gasteiger partial charge on any atom is -0.344 e. The van der Waals surface area contributed by atoms with E-state index in [0.29, 0.717) is 6.42 Å². The van der Waals surface area contributed by atoms with E-state index in [2.05, 4.69) is 6.58 Å². The lowest BCUT2D eigenvalue weighted by Gasteiger charge is -2.33. The summed E-state index contributed by atoms with van der Waals surface area (Å²) in [7, 11) is 1.57. The molecule has 2 rings (SSSR count). The van der Waals surface area contributed by atoms with Crippen molar-refractivity contribution in [3.8, 4) is 0 Å². The highest BCUT2D eigenvalue weighted by molar-refractivity contribution is 5.50. The number of rotatable bonds is 11. The lowest BCUT2D eigenvalue weighted by atomic mass is 9.97. The standard InChI is InChI=1S/C21H24O4/c1-3-4-15-20(16-17-22)24-25-21(23-2,18-11-7-5-8-12-18)19-13-9-6-10-14-19/h3,5-14,17,20H,1,4,15-16H2,2H3. The molecule has 0 heterocycles. The Morgan fingerprint density at radius 1 is 1.04 bits per heavy atom. The van der Waals surface area contributed by atoms with E-state index >= 15 is 0 Å². The van der Waals surface area contributed by atoms with Crippen LogP contribution in [0.2, 0.25) is 0 Å². The van der Waals surface area contributed by atoms with Gasteiger partial charge in [0.25, 0.3) is 5.79 Å². The Balaban J connectivity index is 2.31. The fourth-order valence-corrected chi connectivity index (χ4v) is 2.60. The predicted molar refractivity (Wildman–Crippen MR) is 96.7 cm³/mol. The number of hydrogen-bond donors (Lipinski definition) is 0. The van der Waals surface area contributed by atoms with Crippen molar-refractivity contribution in [2.45, 2.75) is 31.2 Å². The minimum atomic E-state index is -1.21. The van der Waals surface area contributed by atoms with Crippen LogP contribution in [-0.2, 0) is 25.1 Å². The van der Waals surface area contributed by atoms with E-state index in [4.69, 9.17) is 14.5 Å². The highest BCUT2D eigenvalue weighted by Crippen LogP contribution is 2.35. The number of carbonyl (C=O) groups excluding carboxylic acids is 1. The molecule has 0 aliphatic heterocycles. The van der Waals surface area contributed by atoms with Crippen molar-refractivity contribution in [1.29, 1.82) is 0 Å². The lowest BCUT2D eigenvalue weighted by molar-refractivity contribution is -0.435. The van der Waals surface area contributed by atoms with Gasteiger partial charge in [0, 0.05) is 24.7 Å². The Kier molecular flexibility index (Phi) is 7.54. The predicted octanol–water partition coefficient (Wildman–Crippen LogP) is 4.41. The third-order valence-corrected chi connectivity index (χ3v) is 3.95. The summed E-state index contributed by atoms with van der Waals surface area (Å²) in [5, 5.41) is 0. The van der Waals surface area contributed by atoms with E-state index in [0.717, 1.165) is 23.8 Å². The van der Waals surface area contributed by atoms with Gasteiger partial charge in [-0.1, -0.05) is 66.7 Å².